The zero-order chi connectivity index (χ0) is 27.9. The van der Waals surface area contributed by atoms with E-state index < -0.39 is 34.3 Å². The minimum Gasteiger partial charge on any atom is -0.352 e. The lowest BCUT2D eigenvalue weighted by Crippen LogP contribution is -2.52. The molecule has 0 aliphatic heterocycles. The third-order valence-electron chi connectivity index (χ3n) is 6.16. The third-order valence-corrected chi connectivity index (χ3v) is 8.20. The van der Waals surface area contributed by atoms with Gasteiger partial charge in [0.1, 0.15) is 18.4 Å². The van der Waals surface area contributed by atoms with Gasteiger partial charge in [-0.05, 0) is 74.4 Å². The van der Waals surface area contributed by atoms with Crippen molar-refractivity contribution in [2.75, 3.05) is 10.8 Å². The molecule has 0 radical (unpaired) electrons. The van der Waals surface area contributed by atoms with E-state index in [0.717, 1.165) is 16.4 Å². The number of carbonyl (C=O) groups excluding carboxylic acids is 2. The molecule has 0 saturated carbocycles. The second-order valence-corrected chi connectivity index (χ2v) is 11.2. The smallest absolute Gasteiger partial charge is 0.264 e. The van der Waals surface area contributed by atoms with Crippen LogP contribution in [0.5, 0.6) is 0 Å². The molecule has 0 spiro atoms. The molecule has 0 unspecified atom stereocenters. The summed E-state index contributed by atoms with van der Waals surface area (Å²) in [5, 5.41) is 3.40. The molecule has 2 atom stereocenters. The van der Waals surface area contributed by atoms with Crippen molar-refractivity contribution >= 4 is 39.1 Å². The molecule has 1 N–H and O–H groups in total. The topological polar surface area (TPSA) is 86.8 Å². The van der Waals surface area contributed by atoms with E-state index in [2.05, 4.69) is 5.32 Å². The van der Waals surface area contributed by atoms with Crippen molar-refractivity contribution < 1.29 is 22.4 Å². The van der Waals surface area contributed by atoms with E-state index in [1.165, 1.54) is 29.2 Å². The molecule has 10 heteroatoms. The van der Waals surface area contributed by atoms with E-state index in [4.69, 9.17) is 11.6 Å². The van der Waals surface area contributed by atoms with Crippen LogP contribution in [0.3, 0.4) is 0 Å². The van der Waals surface area contributed by atoms with E-state index in [1.54, 1.807) is 49.4 Å². The van der Waals surface area contributed by atoms with Gasteiger partial charge in [-0.2, -0.15) is 0 Å². The number of hydrogen-bond donors (Lipinski definition) is 1. The van der Waals surface area contributed by atoms with Gasteiger partial charge in [0.05, 0.1) is 10.6 Å². The first-order chi connectivity index (χ1) is 18.0. The van der Waals surface area contributed by atoms with Crippen LogP contribution >= 0.6 is 11.6 Å². The first-order valence-electron chi connectivity index (χ1n) is 12.2. The van der Waals surface area contributed by atoms with Crippen molar-refractivity contribution in [1.29, 1.82) is 0 Å². The quantitative estimate of drug-likeness (QED) is 0.358. The van der Waals surface area contributed by atoms with Crippen molar-refractivity contribution in [2.45, 2.75) is 50.7 Å². The Balaban J connectivity index is 2.00. The molecule has 3 aromatic rings. The van der Waals surface area contributed by atoms with Crippen LogP contribution in [0.2, 0.25) is 5.02 Å². The predicted octanol–water partition coefficient (Wildman–Crippen LogP) is 5.01. The van der Waals surface area contributed by atoms with Gasteiger partial charge < -0.3 is 10.2 Å². The van der Waals surface area contributed by atoms with Crippen molar-refractivity contribution in [3.63, 3.8) is 0 Å². The number of rotatable bonds is 11. The number of anilines is 1. The van der Waals surface area contributed by atoms with E-state index >= 15 is 0 Å². The minimum absolute atomic E-state index is 0.0241. The van der Waals surface area contributed by atoms with E-state index in [-0.39, 0.29) is 29.1 Å². The van der Waals surface area contributed by atoms with Crippen molar-refractivity contribution in [2.24, 2.45) is 0 Å². The highest BCUT2D eigenvalue weighted by Crippen LogP contribution is 2.25. The highest BCUT2D eigenvalue weighted by Gasteiger charge is 2.32. The molecule has 7 nitrogen and oxygen atoms in total. The van der Waals surface area contributed by atoms with Crippen molar-refractivity contribution in [3.05, 3.63) is 95.3 Å². The largest absolute Gasteiger partial charge is 0.352 e. The van der Waals surface area contributed by atoms with Gasteiger partial charge in [0.15, 0.2) is 0 Å². The lowest BCUT2D eigenvalue weighted by molar-refractivity contribution is -0.139. The maximum absolute atomic E-state index is 13.8. The van der Waals surface area contributed by atoms with Crippen molar-refractivity contribution in [3.8, 4) is 0 Å². The fourth-order valence-electron chi connectivity index (χ4n) is 3.69. The first-order valence-corrected chi connectivity index (χ1v) is 14.0. The number of benzene rings is 3. The highest BCUT2D eigenvalue weighted by molar-refractivity contribution is 7.92. The summed E-state index contributed by atoms with van der Waals surface area (Å²) in [5.74, 6) is -1.51. The second-order valence-electron chi connectivity index (χ2n) is 8.94. The van der Waals surface area contributed by atoms with Crippen LogP contribution in [-0.4, -0.2) is 43.8 Å². The monoisotopic (exact) mass is 559 g/mol. The SMILES string of the molecule is CC[C@H](C)NC(=O)[C@@H](C)N(Cc1ccc(Cl)cc1)C(=O)CN(c1ccc(F)cc1)S(=O)(=O)c1ccccc1. The normalized spacial score (nSPS) is 12.9. The molecule has 0 fully saturated rings. The van der Waals surface area contributed by atoms with Crippen LogP contribution in [0, 0.1) is 5.82 Å². The molecule has 38 heavy (non-hydrogen) atoms. The Hall–Kier alpha value is -3.43. The highest BCUT2D eigenvalue weighted by atomic mass is 35.5. The molecule has 0 aliphatic rings. The third kappa shape index (κ3) is 7.33. The molecule has 3 aromatic carbocycles. The van der Waals surface area contributed by atoms with Gasteiger partial charge in [-0.1, -0.05) is 48.9 Å². The summed E-state index contributed by atoms with van der Waals surface area (Å²) >= 11 is 6.01. The molecule has 0 bridgehead atoms. The van der Waals surface area contributed by atoms with Crippen LogP contribution in [-0.2, 0) is 26.2 Å². The van der Waals surface area contributed by atoms with Gasteiger partial charge >= 0.3 is 0 Å². The number of nitrogens with zero attached hydrogens (tertiary/aromatic N) is 2. The van der Waals surface area contributed by atoms with Crippen LogP contribution in [0.1, 0.15) is 32.8 Å². The van der Waals surface area contributed by atoms with Gasteiger partial charge in [0.2, 0.25) is 11.8 Å². The molecule has 202 valence electrons. The van der Waals surface area contributed by atoms with E-state index in [9.17, 15) is 22.4 Å². The Bertz CT molecular complexity index is 1340. The van der Waals surface area contributed by atoms with Gasteiger partial charge in [-0.25, -0.2) is 12.8 Å². The van der Waals surface area contributed by atoms with Crippen LogP contribution < -0.4 is 9.62 Å². The summed E-state index contributed by atoms with van der Waals surface area (Å²) in [6, 6.07) is 18.3. The Labute approximate surface area is 228 Å². The average molecular weight is 560 g/mol. The molecular formula is C28H31ClFN3O4S. The number of halogens is 2. The molecule has 0 aliphatic carbocycles. The number of sulfonamides is 1. The Morgan fingerprint density at radius 3 is 2.13 bits per heavy atom. The van der Waals surface area contributed by atoms with Crippen LogP contribution in [0.4, 0.5) is 10.1 Å². The van der Waals surface area contributed by atoms with Gasteiger partial charge in [0.25, 0.3) is 10.0 Å². The van der Waals surface area contributed by atoms with Gasteiger partial charge in [-0.15, -0.1) is 0 Å². The van der Waals surface area contributed by atoms with Crippen LogP contribution in [0.25, 0.3) is 0 Å². The fraction of sp³-hybridized carbons (Fsp3) is 0.286. The number of carbonyl (C=O) groups is 2. The summed E-state index contributed by atoms with van der Waals surface area (Å²) in [5.41, 5.74) is 0.831. The second kappa shape index (κ2) is 12.9. The standard InChI is InChI=1S/C28H31ClFN3O4S/c1-4-20(2)31-28(35)21(3)32(18-22-10-12-23(29)13-11-22)27(34)19-33(25-16-14-24(30)15-17-25)38(36,37)26-8-6-5-7-9-26/h5-17,20-21H,4,18-19H2,1-3H3,(H,31,35)/t20-,21+/m0/s1. The summed E-state index contributed by atoms with van der Waals surface area (Å²) in [6.07, 6.45) is 0.706. The zero-order valence-electron chi connectivity index (χ0n) is 21.5. The molecule has 3 rings (SSSR count). The van der Waals surface area contributed by atoms with Crippen LogP contribution in [0.15, 0.2) is 83.8 Å². The maximum Gasteiger partial charge on any atom is 0.264 e. The van der Waals surface area contributed by atoms with Gasteiger partial charge in [-0.3, -0.25) is 13.9 Å². The first kappa shape index (κ1) is 29.1. The predicted molar refractivity (Wildman–Crippen MR) is 147 cm³/mol. The number of nitrogens with one attached hydrogen (secondary N) is 1. The molecule has 0 saturated heterocycles. The molecule has 0 heterocycles. The number of hydrogen-bond acceptors (Lipinski definition) is 4. The van der Waals surface area contributed by atoms with E-state index in [0.29, 0.717) is 17.0 Å². The fourth-order valence-corrected chi connectivity index (χ4v) is 5.25. The Kier molecular flexibility index (Phi) is 9.88. The maximum atomic E-state index is 13.8. The molecular weight excluding hydrogens is 529 g/mol. The van der Waals surface area contributed by atoms with Gasteiger partial charge in [0, 0.05) is 17.6 Å². The Morgan fingerprint density at radius 1 is 0.947 bits per heavy atom. The Morgan fingerprint density at radius 2 is 1.55 bits per heavy atom. The molecule has 0 aromatic heterocycles. The minimum atomic E-state index is -4.20. The number of amides is 2. The summed E-state index contributed by atoms with van der Waals surface area (Å²) in [6.45, 7) is 4.84. The summed E-state index contributed by atoms with van der Waals surface area (Å²) in [4.78, 5) is 28.1. The van der Waals surface area contributed by atoms with E-state index in [1.807, 2.05) is 13.8 Å². The summed E-state index contributed by atoms with van der Waals surface area (Å²) < 4.78 is 41.8. The summed E-state index contributed by atoms with van der Waals surface area (Å²) in [7, 11) is -4.20. The van der Waals surface area contributed by atoms with Crippen molar-refractivity contribution in [1.82, 2.24) is 10.2 Å². The molecule has 2 amide bonds. The zero-order valence-corrected chi connectivity index (χ0v) is 23.0. The lowest BCUT2D eigenvalue weighted by atomic mass is 10.1. The average Bonchev–Trinajstić information content (AvgIpc) is 2.91. The lowest BCUT2D eigenvalue weighted by Gasteiger charge is -2.32.